The summed E-state index contributed by atoms with van der Waals surface area (Å²) in [5.74, 6) is -0.886. The van der Waals surface area contributed by atoms with Crippen LogP contribution in [0.5, 0.6) is 0 Å². The number of nitrogens with one attached hydrogen (secondary N) is 1. The largest absolute Gasteiger partial charge is 0.339 e. The third-order valence-electron chi connectivity index (χ3n) is 3.82. The highest BCUT2D eigenvalue weighted by Gasteiger charge is 2.31. The lowest BCUT2D eigenvalue weighted by atomic mass is 10.0. The fourth-order valence-corrected chi connectivity index (χ4v) is 3.36. The van der Waals surface area contributed by atoms with Gasteiger partial charge in [0, 0.05) is 12.2 Å². The zero-order chi connectivity index (χ0) is 16.4. The Morgan fingerprint density at radius 2 is 2.30 bits per heavy atom. The molecule has 0 aliphatic carbocycles. The lowest BCUT2D eigenvalue weighted by Gasteiger charge is -2.32. The van der Waals surface area contributed by atoms with Crippen molar-refractivity contribution in [1.29, 1.82) is 0 Å². The number of carbonyl (C=O) groups excluding carboxylic acids is 2. The fraction of sp³-hybridized carbons (Fsp3) is 0.312. The molecule has 23 heavy (non-hydrogen) atoms. The van der Waals surface area contributed by atoms with Crippen LogP contribution in [-0.4, -0.2) is 29.4 Å². The quantitative estimate of drug-likeness (QED) is 0.939. The van der Waals surface area contributed by atoms with E-state index >= 15 is 0 Å². The number of aromatic nitrogens is 1. The summed E-state index contributed by atoms with van der Waals surface area (Å²) >= 11 is 1.25. The van der Waals surface area contributed by atoms with Crippen LogP contribution in [0, 0.1) is 12.7 Å². The van der Waals surface area contributed by atoms with Gasteiger partial charge in [0.25, 0.3) is 5.91 Å². The number of nitrogens with zero attached hydrogens (tertiary/aromatic N) is 2. The predicted octanol–water partition coefficient (Wildman–Crippen LogP) is 2.52. The molecule has 3 rings (SSSR count). The smallest absolute Gasteiger partial charge is 0.263 e. The minimum atomic E-state index is -0.596. The molecule has 2 aromatic rings. The third-order valence-corrected chi connectivity index (χ3v) is 4.74. The first-order valence-electron chi connectivity index (χ1n) is 7.34. The number of aryl methyl sites for hydroxylation is 1. The van der Waals surface area contributed by atoms with Gasteiger partial charge in [-0.3, -0.25) is 9.59 Å². The highest BCUT2D eigenvalue weighted by molar-refractivity contribution is 7.11. The van der Waals surface area contributed by atoms with Crippen LogP contribution >= 0.6 is 11.3 Å². The second-order valence-electron chi connectivity index (χ2n) is 5.40. The summed E-state index contributed by atoms with van der Waals surface area (Å²) in [4.78, 5) is 31.0. The van der Waals surface area contributed by atoms with Gasteiger partial charge in [0.1, 0.15) is 16.7 Å². The van der Waals surface area contributed by atoms with Gasteiger partial charge in [0.2, 0.25) is 5.91 Å². The van der Waals surface area contributed by atoms with Gasteiger partial charge < -0.3 is 10.2 Å². The molecule has 1 aliphatic heterocycles. The molecule has 1 aromatic heterocycles. The number of piperidine rings is 1. The third kappa shape index (κ3) is 3.24. The molecule has 1 fully saturated rings. The average Bonchev–Trinajstić information content (AvgIpc) is 2.95. The zero-order valence-electron chi connectivity index (χ0n) is 12.6. The Morgan fingerprint density at radius 1 is 1.48 bits per heavy atom. The van der Waals surface area contributed by atoms with Gasteiger partial charge >= 0.3 is 0 Å². The van der Waals surface area contributed by atoms with Gasteiger partial charge in [-0.05, 0) is 38.0 Å². The maximum absolute atomic E-state index is 13.4. The Morgan fingerprint density at radius 3 is 3.00 bits per heavy atom. The number of hydrogen-bond donors (Lipinski definition) is 1. The zero-order valence-corrected chi connectivity index (χ0v) is 13.4. The highest BCUT2D eigenvalue weighted by atomic mass is 32.1. The molecular weight excluding hydrogens is 317 g/mol. The molecule has 1 N–H and O–H groups in total. The normalized spacial score (nSPS) is 18.1. The predicted molar refractivity (Wildman–Crippen MR) is 86.1 cm³/mol. The summed E-state index contributed by atoms with van der Waals surface area (Å²) in [6.07, 6.45) is 1.32. The van der Waals surface area contributed by atoms with Crippen molar-refractivity contribution in [2.75, 3.05) is 11.4 Å². The van der Waals surface area contributed by atoms with Gasteiger partial charge in [-0.2, -0.15) is 0 Å². The van der Waals surface area contributed by atoms with Crippen molar-refractivity contribution in [3.63, 3.8) is 0 Å². The van der Waals surface area contributed by atoms with Gasteiger partial charge in [0.05, 0.1) is 11.2 Å². The molecule has 7 heteroatoms. The van der Waals surface area contributed by atoms with Crippen LogP contribution in [0.15, 0.2) is 29.8 Å². The fourth-order valence-electron chi connectivity index (χ4n) is 2.65. The van der Waals surface area contributed by atoms with E-state index in [1.807, 2.05) is 0 Å². The molecule has 0 radical (unpaired) electrons. The second-order valence-corrected chi connectivity index (χ2v) is 6.26. The minimum absolute atomic E-state index is 0.211. The molecule has 0 spiro atoms. The van der Waals surface area contributed by atoms with E-state index in [0.29, 0.717) is 29.2 Å². The van der Waals surface area contributed by atoms with Gasteiger partial charge in [0.15, 0.2) is 0 Å². The molecule has 0 bridgehead atoms. The van der Waals surface area contributed by atoms with Crippen LogP contribution < -0.4 is 10.2 Å². The summed E-state index contributed by atoms with van der Waals surface area (Å²) in [6, 6.07) is 5.33. The molecule has 2 heterocycles. The standard InChI is InChI=1S/C16H16FN3O2S/c1-10-14(23-9-18-10)15(21)19-13-6-3-7-20(16(13)22)12-5-2-4-11(17)8-12/h2,4-5,8-9,13H,3,6-7H2,1H3,(H,19,21)/t13-/m1/s1. The summed E-state index contributed by atoms with van der Waals surface area (Å²) in [5, 5.41) is 2.77. The number of hydrogen-bond acceptors (Lipinski definition) is 4. The number of rotatable bonds is 3. The number of anilines is 1. The highest BCUT2D eigenvalue weighted by Crippen LogP contribution is 2.22. The molecule has 2 amide bonds. The lowest BCUT2D eigenvalue weighted by Crippen LogP contribution is -2.52. The van der Waals surface area contributed by atoms with Gasteiger partial charge in [-0.25, -0.2) is 9.37 Å². The van der Waals surface area contributed by atoms with Crippen molar-refractivity contribution in [1.82, 2.24) is 10.3 Å². The van der Waals surface area contributed by atoms with Crippen LogP contribution in [0.25, 0.3) is 0 Å². The van der Waals surface area contributed by atoms with E-state index in [1.54, 1.807) is 24.6 Å². The number of halogens is 1. The number of thiazole rings is 1. The van der Waals surface area contributed by atoms with Crippen molar-refractivity contribution in [2.45, 2.75) is 25.8 Å². The van der Waals surface area contributed by atoms with Crippen LogP contribution in [0.1, 0.15) is 28.2 Å². The van der Waals surface area contributed by atoms with E-state index in [-0.39, 0.29) is 17.6 Å². The molecule has 0 unspecified atom stereocenters. The Bertz CT molecular complexity index is 746. The van der Waals surface area contributed by atoms with Crippen LogP contribution in [0.3, 0.4) is 0 Å². The molecule has 1 aromatic carbocycles. The monoisotopic (exact) mass is 333 g/mol. The summed E-state index contributed by atoms with van der Waals surface area (Å²) < 4.78 is 13.4. The van der Waals surface area contributed by atoms with Crippen molar-refractivity contribution in [3.05, 3.63) is 46.2 Å². The number of benzene rings is 1. The molecule has 0 saturated carbocycles. The first kappa shape index (κ1) is 15.6. The topological polar surface area (TPSA) is 62.3 Å². The van der Waals surface area contributed by atoms with E-state index < -0.39 is 6.04 Å². The van der Waals surface area contributed by atoms with Gasteiger partial charge in [-0.1, -0.05) is 6.07 Å². The van der Waals surface area contributed by atoms with E-state index in [0.717, 1.165) is 6.42 Å². The lowest BCUT2D eigenvalue weighted by molar-refractivity contribution is -0.121. The summed E-state index contributed by atoms with van der Waals surface area (Å²) in [7, 11) is 0. The number of amides is 2. The SMILES string of the molecule is Cc1ncsc1C(=O)N[C@@H]1CCCN(c2cccc(F)c2)C1=O. The molecule has 1 aliphatic rings. The molecule has 5 nitrogen and oxygen atoms in total. The number of carbonyl (C=O) groups is 2. The van der Waals surface area contributed by atoms with Crippen molar-refractivity contribution >= 4 is 28.8 Å². The average molecular weight is 333 g/mol. The minimum Gasteiger partial charge on any atom is -0.339 e. The Balaban J connectivity index is 1.75. The first-order chi connectivity index (χ1) is 11.1. The van der Waals surface area contributed by atoms with Crippen LogP contribution in [0.2, 0.25) is 0 Å². The Kier molecular flexibility index (Phi) is 4.38. The molecule has 1 saturated heterocycles. The van der Waals surface area contributed by atoms with Crippen LogP contribution in [0.4, 0.5) is 10.1 Å². The molecular formula is C16H16FN3O2S. The van der Waals surface area contributed by atoms with E-state index in [2.05, 4.69) is 10.3 Å². The maximum Gasteiger partial charge on any atom is 0.263 e. The van der Waals surface area contributed by atoms with Crippen LogP contribution in [-0.2, 0) is 4.79 Å². The van der Waals surface area contributed by atoms with Crippen molar-refractivity contribution in [3.8, 4) is 0 Å². The van der Waals surface area contributed by atoms with E-state index in [9.17, 15) is 14.0 Å². The Hall–Kier alpha value is -2.28. The maximum atomic E-state index is 13.4. The van der Waals surface area contributed by atoms with E-state index in [4.69, 9.17) is 0 Å². The summed E-state index contributed by atoms with van der Waals surface area (Å²) in [6.45, 7) is 2.28. The van der Waals surface area contributed by atoms with E-state index in [1.165, 1.54) is 28.4 Å². The van der Waals surface area contributed by atoms with Crippen molar-refractivity contribution < 1.29 is 14.0 Å². The first-order valence-corrected chi connectivity index (χ1v) is 8.22. The summed E-state index contributed by atoms with van der Waals surface area (Å²) in [5.41, 5.74) is 2.77. The Labute approximate surface area is 137 Å². The molecule has 1 atom stereocenters. The van der Waals surface area contributed by atoms with Gasteiger partial charge in [-0.15, -0.1) is 11.3 Å². The molecule has 120 valence electrons. The van der Waals surface area contributed by atoms with Crippen molar-refractivity contribution in [2.24, 2.45) is 0 Å². The second kappa shape index (κ2) is 6.45.